The smallest absolute Gasteiger partial charge is 0.234 e. The molecule has 4 heteroatoms. The summed E-state index contributed by atoms with van der Waals surface area (Å²) in [6, 6.07) is 9.75. The summed E-state index contributed by atoms with van der Waals surface area (Å²) < 4.78 is 0. The molecule has 1 saturated heterocycles. The van der Waals surface area contributed by atoms with Crippen molar-refractivity contribution in [1.29, 1.82) is 0 Å². The van der Waals surface area contributed by atoms with E-state index in [0.717, 1.165) is 16.5 Å². The van der Waals surface area contributed by atoms with E-state index in [4.69, 9.17) is 0 Å². The first-order chi connectivity index (χ1) is 8.74. The van der Waals surface area contributed by atoms with Crippen molar-refractivity contribution < 1.29 is 9.59 Å². The summed E-state index contributed by atoms with van der Waals surface area (Å²) >= 11 is 0. The van der Waals surface area contributed by atoms with Gasteiger partial charge in [0.05, 0.1) is 11.4 Å². The number of piperidine rings is 1. The predicted octanol–water partition coefficient (Wildman–Crippen LogP) is 1.75. The summed E-state index contributed by atoms with van der Waals surface area (Å²) in [7, 11) is 0. The zero-order valence-corrected chi connectivity index (χ0v) is 9.72. The number of hydrogen-bond donors (Lipinski definition) is 1. The van der Waals surface area contributed by atoms with E-state index >= 15 is 0 Å². The van der Waals surface area contributed by atoms with E-state index < -0.39 is 0 Å². The fraction of sp³-hybridized carbons (Fsp3) is 0.214. The molecule has 2 aromatic rings. The van der Waals surface area contributed by atoms with Crippen LogP contribution in [0.5, 0.6) is 0 Å². The highest BCUT2D eigenvalue weighted by Gasteiger charge is 2.28. The fourth-order valence-corrected chi connectivity index (χ4v) is 2.29. The van der Waals surface area contributed by atoms with E-state index in [9.17, 15) is 9.59 Å². The Bertz CT molecular complexity index is 636. The quantitative estimate of drug-likeness (QED) is 0.772. The second-order valence-corrected chi connectivity index (χ2v) is 4.47. The van der Waals surface area contributed by atoms with Gasteiger partial charge in [0.2, 0.25) is 11.8 Å². The van der Waals surface area contributed by atoms with Crippen LogP contribution in [0.25, 0.3) is 10.9 Å². The van der Waals surface area contributed by atoms with Crippen molar-refractivity contribution in [2.24, 2.45) is 0 Å². The van der Waals surface area contributed by atoms with Crippen molar-refractivity contribution >= 4 is 22.7 Å². The van der Waals surface area contributed by atoms with Gasteiger partial charge in [-0.1, -0.05) is 18.2 Å². The Morgan fingerprint density at radius 3 is 2.89 bits per heavy atom. The molecule has 1 unspecified atom stereocenters. The number of nitrogens with one attached hydrogen (secondary N) is 1. The van der Waals surface area contributed by atoms with Gasteiger partial charge in [-0.05, 0) is 24.1 Å². The van der Waals surface area contributed by atoms with Crippen LogP contribution in [0, 0.1) is 0 Å². The fourth-order valence-electron chi connectivity index (χ4n) is 2.29. The zero-order valence-electron chi connectivity index (χ0n) is 9.72. The molecule has 1 aromatic heterocycles. The molecule has 2 heterocycles. The Balaban J connectivity index is 1.99. The molecule has 0 spiro atoms. The topological polar surface area (TPSA) is 59.1 Å². The summed E-state index contributed by atoms with van der Waals surface area (Å²) in [6.45, 7) is 0. The van der Waals surface area contributed by atoms with Gasteiger partial charge in [-0.3, -0.25) is 19.9 Å². The molecule has 1 fully saturated rings. The molecule has 4 nitrogen and oxygen atoms in total. The maximum atomic E-state index is 11.8. The van der Waals surface area contributed by atoms with E-state index in [1.807, 2.05) is 30.3 Å². The van der Waals surface area contributed by atoms with Crippen LogP contribution in [0.4, 0.5) is 0 Å². The average molecular weight is 240 g/mol. The minimum atomic E-state index is -0.264. The summed E-state index contributed by atoms with van der Waals surface area (Å²) in [4.78, 5) is 27.2. The first-order valence-electron chi connectivity index (χ1n) is 5.92. The van der Waals surface area contributed by atoms with E-state index in [0.29, 0.717) is 12.8 Å². The van der Waals surface area contributed by atoms with Gasteiger partial charge < -0.3 is 0 Å². The maximum Gasteiger partial charge on any atom is 0.234 e. The number of imide groups is 1. The third-order valence-electron chi connectivity index (χ3n) is 3.25. The SMILES string of the molecule is O=C1CCC(c2cnc3ccccc3c2)C(=O)N1. The number of para-hydroxylation sites is 1. The van der Waals surface area contributed by atoms with Crippen molar-refractivity contribution in [2.45, 2.75) is 18.8 Å². The average Bonchev–Trinajstić information content (AvgIpc) is 2.38. The number of nitrogens with zero attached hydrogens (tertiary/aromatic N) is 1. The van der Waals surface area contributed by atoms with Crippen LogP contribution < -0.4 is 5.32 Å². The highest BCUT2D eigenvalue weighted by Crippen LogP contribution is 2.26. The van der Waals surface area contributed by atoms with Gasteiger partial charge in [0.15, 0.2) is 0 Å². The number of aromatic nitrogens is 1. The van der Waals surface area contributed by atoms with E-state index in [2.05, 4.69) is 10.3 Å². The van der Waals surface area contributed by atoms with Crippen molar-refractivity contribution in [3.63, 3.8) is 0 Å². The van der Waals surface area contributed by atoms with Crippen molar-refractivity contribution in [1.82, 2.24) is 10.3 Å². The number of hydrogen-bond acceptors (Lipinski definition) is 3. The molecule has 0 radical (unpaired) electrons. The van der Waals surface area contributed by atoms with Crippen LogP contribution in [-0.4, -0.2) is 16.8 Å². The Morgan fingerprint density at radius 1 is 1.22 bits per heavy atom. The molecule has 1 N–H and O–H groups in total. The number of pyridine rings is 1. The standard InChI is InChI=1S/C14H12N2O2/c17-13-6-5-11(14(18)16-13)10-7-9-3-1-2-4-12(9)15-8-10/h1-4,7-8,11H,5-6H2,(H,16,17,18). The van der Waals surface area contributed by atoms with Gasteiger partial charge >= 0.3 is 0 Å². The lowest BCUT2D eigenvalue weighted by Crippen LogP contribution is -2.39. The predicted molar refractivity (Wildman–Crippen MR) is 66.9 cm³/mol. The van der Waals surface area contributed by atoms with Gasteiger partial charge in [0.25, 0.3) is 0 Å². The van der Waals surface area contributed by atoms with Gasteiger partial charge in [-0.2, -0.15) is 0 Å². The summed E-state index contributed by atoms with van der Waals surface area (Å²) in [6.07, 6.45) is 2.68. The largest absolute Gasteiger partial charge is 0.296 e. The third kappa shape index (κ3) is 1.86. The molecule has 1 aliphatic heterocycles. The highest BCUT2D eigenvalue weighted by atomic mass is 16.2. The normalized spacial score (nSPS) is 19.9. The number of carbonyl (C=O) groups excluding carboxylic acids is 2. The summed E-state index contributed by atoms with van der Waals surface area (Å²) in [5.41, 5.74) is 1.78. The molecule has 2 amide bonds. The zero-order chi connectivity index (χ0) is 12.5. The molecule has 90 valence electrons. The molecule has 1 aromatic carbocycles. The minimum absolute atomic E-state index is 0.190. The lowest BCUT2D eigenvalue weighted by molar-refractivity contribution is -0.134. The first kappa shape index (κ1) is 10.9. The number of rotatable bonds is 1. The maximum absolute atomic E-state index is 11.8. The monoisotopic (exact) mass is 240 g/mol. The molecule has 0 saturated carbocycles. The lowest BCUT2D eigenvalue weighted by Gasteiger charge is -2.20. The third-order valence-corrected chi connectivity index (χ3v) is 3.25. The van der Waals surface area contributed by atoms with Gasteiger partial charge in [0.1, 0.15) is 0 Å². The molecule has 1 atom stereocenters. The Kier molecular flexibility index (Phi) is 2.55. The summed E-state index contributed by atoms with van der Waals surface area (Å²) in [5, 5.41) is 3.38. The molecular formula is C14H12N2O2. The van der Waals surface area contributed by atoms with Crippen molar-refractivity contribution in [2.75, 3.05) is 0 Å². The molecule has 0 aliphatic carbocycles. The van der Waals surface area contributed by atoms with E-state index in [1.54, 1.807) is 6.20 Å². The number of carbonyl (C=O) groups is 2. The number of amides is 2. The molecule has 1 aliphatic rings. The van der Waals surface area contributed by atoms with E-state index in [-0.39, 0.29) is 17.7 Å². The molecular weight excluding hydrogens is 228 g/mol. The van der Waals surface area contributed by atoms with Crippen molar-refractivity contribution in [3.8, 4) is 0 Å². The van der Waals surface area contributed by atoms with Crippen LogP contribution in [0.15, 0.2) is 36.5 Å². The van der Waals surface area contributed by atoms with Crippen LogP contribution in [0.1, 0.15) is 24.3 Å². The van der Waals surface area contributed by atoms with Crippen molar-refractivity contribution in [3.05, 3.63) is 42.1 Å². The Hall–Kier alpha value is -2.23. The molecule has 0 bridgehead atoms. The Labute approximate surface area is 104 Å². The first-order valence-corrected chi connectivity index (χ1v) is 5.92. The molecule has 18 heavy (non-hydrogen) atoms. The second kappa shape index (κ2) is 4.22. The number of benzene rings is 1. The van der Waals surface area contributed by atoms with E-state index in [1.165, 1.54) is 0 Å². The number of fused-ring (bicyclic) bond motifs is 1. The lowest BCUT2D eigenvalue weighted by atomic mass is 9.91. The van der Waals surface area contributed by atoms with Crippen LogP contribution in [0.2, 0.25) is 0 Å². The summed E-state index contributed by atoms with van der Waals surface area (Å²) in [5.74, 6) is -0.673. The Morgan fingerprint density at radius 2 is 2.06 bits per heavy atom. The molecule has 3 rings (SSSR count). The van der Waals surface area contributed by atoms with Crippen LogP contribution >= 0.6 is 0 Å². The van der Waals surface area contributed by atoms with Gasteiger partial charge in [0, 0.05) is 18.0 Å². The van der Waals surface area contributed by atoms with Gasteiger partial charge in [-0.15, -0.1) is 0 Å². The van der Waals surface area contributed by atoms with Crippen LogP contribution in [0.3, 0.4) is 0 Å². The minimum Gasteiger partial charge on any atom is -0.296 e. The highest BCUT2D eigenvalue weighted by molar-refractivity contribution is 6.01. The second-order valence-electron chi connectivity index (χ2n) is 4.47. The van der Waals surface area contributed by atoms with Crippen LogP contribution in [-0.2, 0) is 9.59 Å². The van der Waals surface area contributed by atoms with Gasteiger partial charge in [-0.25, -0.2) is 0 Å².